The molecule has 0 amide bonds. The van der Waals surface area contributed by atoms with Crippen LogP contribution in [-0.4, -0.2) is 25.3 Å². The number of hydrogen-bond donors (Lipinski definition) is 0. The van der Waals surface area contributed by atoms with Crippen molar-refractivity contribution in [3.8, 4) is 5.75 Å². The van der Waals surface area contributed by atoms with Crippen molar-refractivity contribution in [3.63, 3.8) is 0 Å². The van der Waals surface area contributed by atoms with Crippen LogP contribution in [0, 0.1) is 6.92 Å². The summed E-state index contributed by atoms with van der Waals surface area (Å²) in [6, 6.07) is 7.12. The number of benzene rings is 1. The number of rotatable bonds is 7. The Bertz CT molecular complexity index is 462. The largest absolute Gasteiger partial charge is 0.426 e. The summed E-state index contributed by atoms with van der Waals surface area (Å²) in [7, 11) is -3.40. The molecular weight excluding hydrogens is 267 g/mol. The van der Waals surface area contributed by atoms with Crippen LogP contribution in [0.4, 0.5) is 0 Å². The van der Waals surface area contributed by atoms with Crippen LogP contribution < -0.4 is 4.74 Å². The first-order chi connectivity index (χ1) is 9.00. The lowest BCUT2D eigenvalue weighted by Crippen LogP contribution is -2.16. The van der Waals surface area contributed by atoms with Crippen molar-refractivity contribution in [2.45, 2.75) is 20.8 Å². The molecule has 0 saturated heterocycles. The minimum Gasteiger partial charge on any atom is -0.426 e. The van der Waals surface area contributed by atoms with Crippen LogP contribution in [-0.2, 0) is 18.4 Å². The van der Waals surface area contributed by atoms with Gasteiger partial charge in [-0.1, -0.05) is 18.2 Å². The topological polar surface area (TPSA) is 61.8 Å². The Hall–Kier alpha value is -1.16. The summed E-state index contributed by atoms with van der Waals surface area (Å²) in [5.41, 5.74) is 0.832. The highest BCUT2D eigenvalue weighted by Crippen LogP contribution is 2.47. The number of carbonyl (C=O) groups is 1. The van der Waals surface area contributed by atoms with Crippen LogP contribution >= 0.6 is 7.60 Å². The van der Waals surface area contributed by atoms with Crippen LogP contribution in [0.1, 0.15) is 19.4 Å². The molecule has 1 aromatic rings. The first-order valence-electron chi connectivity index (χ1n) is 6.15. The van der Waals surface area contributed by atoms with Crippen LogP contribution in [0.5, 0.6) is 5.75 Å². The van der Waals surface area contributed by atoms with E-state index in [4.69, 9.17) is 13.8 Å². The van der Waals surface area contributed by atoms with Gasteiger partial charge in [-0.05, 0) is 32.4 Å². The van der Waals surface area contributed by atoms with Crippen LogP contribution in [0.3, 0.4) is 0 Å². The Morgan fingerprint density at radius 2 is 1.74 bits per heavy atom. The van der Waals surface area contributed by atoms with Crippen molar-refractivity contribution in [2.75, 3.05) is 19.4 Å². The maximum atomic E-state index is 12.2. The molecule has 0 aromatic heterocycles. The molecule has 0 heterocycles. The minimum absolute atomic E-state index is 0.217. The van der Waals surface area contributed by atoms with Crippen molar-refractivity contribution in [1.82, 2.24) is 0 Å². The Balaban J connectivity index is 2.68. The average Bonchev–Trinajstić information content (AvgIpc) is 2.32. The highest BCUT2D eigenvalue weighted by molar-refractivity contribution is 7.54. The number of carbonyl (C=O) groups excluding carboxylic acids is 1. The van der Waals surface area contributed by atoms with E-state index in [0.717, 1.165) is 5.56 Å². The summed E-state index contributed by atoms with van der Waals surface area (Å²) in [4.78, 5) is 11.8. The second-order valence-electron chi connectivity index (χ2n) is 3.84. The molecule has 5 nitrogen and oxygen atoms in total. The first kappa shape index (κ1) is 15.9. The molecule has 0 spiro atoms. The normalized spacial score (nSPS) is 11.3. The zero-order valence-electron chi connectivity index (χ0n) is 11.4. The van der Waals surface area contributed by atoms with Gasteiger partial charge in [0.25, 0.3) is 0 Å². The Labute approximate surface area is 113 Å². The molecule has 0 aliphatic heterocycles. The predicted octanol–water partition coefficient (Wildman–Crippen LogP) is 3.17. The smallest absolute Gasteiger partial charge is 0.341 e. The molecule has 0 saturated carbocycles. The second kappa shape index (κ2) is 7.43. The molecule has 0 N–H and O–H groups in total. The van der Waals surface area contributed by atoms with E-state index in [9.17, 15) is 9.36 Å². The molecule has 0 radical (unpaired) electrons. The van der Waals surface area contributed by atoms with Crippen molar-refractivity contribution in [2.24, 2.45) is 0 Å². The van der Waals surface area contributed by atoms with Crippen molar-refractivity contribution in [1.29, 1.82) is 0 Å². The highest BCUT2D eigenvalue weighted by atomic mass is 31.2. The zero-order chi connectivity index (χ0) is 14.3. The van der Waals surface area contributed by atoms with E-state index >= 15 is 0 Å². The lowest BCUT2D eigenvalue weighted by atomic mass is 10.2. The van der Waals surface area contributed by atoms with Crippen molar-refractivity contribution in [3.05, 3.63) is 29.8 Å². The summed E-state index contributed by atoms with van der Waals surface area (Å²) in [5.74, 6) is -0.174. The summed E-state index contributed by atoms with van der Waals surface area (Å²) in [6.45, 7) is 5.65. The van der Waals surface area contributed by atoms with Gasteiger partial charge in [-0.25, -0.2) is 0 Å². The third-order valence-electron chi connectivity index (χ3n) is 2.29. The van der Waals surface area contributed by atoms with Gasteiger partial charge in [-0.15, -0.1) is 0 Å². The van der Waals surface area contributed by atoms with Crippen LogP contribution in [0.15, 0.2) is 24.3 Å². The van der Waals surface area contributed by atoms with Gasteiger partial charge in [0.2, 0.25) is 0 Å². The van der Waals surface area contributed by atoms with E-state index < -0.39 is 13.6 Å². The van der Waals surface area contributed by atoms with E-state index in [0.29, 0.717) is 5.75 Å². The van der Waals surface area contributed by atoms with Gasteiger partial charge in [0.05, 0.1) is 13.2 Å². The summed E-state index contributed by atoms with van der Waals surface area (Å²) in [5, 5.41) is 0. The first-order valence-corrected chi connectivity index (χ1v) is 7.88. The van der Waals surface area contributed by atoms with E-state index in [1.165, 1.54) is 0 Å². The van der Waals surface area contributed by atoms with Gasteiger partial charge in [0, 0.05) is 0 Å². The second-order valence-corrected chi connectivity index (χ2v) is 5.90. The molecule has 0 aliphatic rings. The quantitative estimate of drug-likeness (QED) is 0.437. The van der Waals surface area contributed by atoms with Crippen molar-refractivity contribution < 1.29 is 23.1 Å². The Morgan fingerprint density at radius 1 is 1.16 bits per heavy atom. The molecule has 19 heavy (non-hydrogen) atoms. The minimum atomic E-state index is -3.40. The molecular formula is C13H19O5P. The number of para-hydroxylation sites is 1. The third-order valence-corrected chi connectivity index (χ3v) is 4.24. The molecule has 0 atom stereocenters. The van der Waals surface area contributed by atoms with Gasteiger partial charge in [-0.3, -0.25) is 9.36 Å². The summed E-state index contributed by atoms with van der Waals surface area (Å²) in [6.07, 6.45) is -0.386. The van der Waals surface area contributed by atoms with Gasteiger partial charge in [-0.2, -0.15) is 0 Å². The molecule has 0 fully saturated rings. The fourth-order valence-electron chi connectivity index (χ4n) is 1.51. The number of ether oxygens (including phenoxy) is 1. The highest BCUT2D eigenvalue weighted by Gasteiger charge is 2.29. The van der Waals surface area contributed by atoms with Crippen LogP contribution in [0.2, 0.25) is 0 Å². The molecule has 1 rings (SSSR count). The van der Waals surface area contributed by atoms with Gasteiger partial charge >= 0.3 is 13.6 Å². The summed E-state index contributed by atoms with van der Waals surface area (Å²) >= 11 is 0. The SMILES string of the molecule is CCOP(=O)(CC(=O)Oc1ccccc1C)OCC. The lowest BCUT2D eigenvalue weighted by Gasteiger charge is -2.16. The molecule has 6 heteroatoms. The molecule has 106 valence electrons. The molecule has 0 unspecified atom stereocenters. The standard InChI is InChI=1S/C13H19O5P/c1-4-16-19(15,17-5-2)10-13(14)18-12-9-7-6-8-11(12)3/h6-9H,4-5,10H2,1-3H3. The van der Waals surface area contributed by atoms with E-state index in [2.05, 4.69) is 0 Å². The fraction of sp³-hybridized carbons (Fsp3) is 0.462. The summed E-state index contributed by atoms with van der Waals surface area (Å²) < 4.78 is 27.4. The fourth-order valence-corrected chi connectivity index (χ4v) is 2.93. The van der Waals surface area contributed by atoms with Crippen LogP contribution in [0.25, 0.3) is 0 Å². The van der Waals surface area contributed by atoms with E-state index in [1.54, 1.807) is 26.0 Å². The van der Waals surface area contributed by atoms with Crippen molar-refractivity contribution >= 4 is 13.6 Å². The van der Waals surface area contributed by atoms with Gasteiger partial charge < -0.3 is 13.8 Å². The third kappa shape index (κ3) is 5.15. The molecule has 1 aromatic carbocycles. The monoisotopic (exact) mass is 286 g/mol. The van der Waals surface area contributed by atoms with Gasteiger partial charge in [0.1, 0.15) is 11.9 Å². The maximum absolute atomic E-state index is 12.2. The Kier molecular flexibility index (Phi) is 6.22. The predicted molar refractivity (Wildman–Crippen MR) is 72.5 cm³/mol. The molecule has 0 bridgehead atoms. The zero-order valence-corrected chi connectivity index (χ0v) is 12.3. The van der Waals surface area contributed by atoms with Gasteiger partial charge in [0.15, 0.2) is 0 Å². The average molecular weight is 286 g/mol. The number of esters is 1. The number of aryl methyl sites for hydroxylation is 1. The van der Waals surface area contributed by atoms with E-state index in [-0.39, 0.29) is 19.4 Å². The Morgan fingerprint density at radius 3 is 2.26 bits per heavy atom. The molecule has 0 aliphatic carbocycles. The number of hydrogen-bond acceptors (Lipinski definition) is 5. The lowest BCUT2D eigenvalue weighted by molar-refractivity contribution is -0.131. The van der Waals surface area contributed by atoms with E-state index in [1.807, 2.05) is 19.1 Å². The maximum Gasteiger partial charge on any atom is 0.341 e.